The molecule has 1 aromatic carbocycles. The van der Waals surface area contributed by atoms with Crippen molar-refractivity contribution in [3.8, 4) is 0 Å². The van der Waals surface area contributed by atoms with E-state index < -0.39 is 33.2 Å². The van der Waals surface area contributed by atoms with E-state index in [1.54, 1.807) is 31.2 Å². The van der Waals surface area contributed by atoms with Crippen LogP contribution in [0.1, 0.15) is 13.3 Å². The third-order valence-electron chi connectivity index (χ3n) is 2.48. The van der Waals surface area contributed by atoms with Crippen molar-refractivity contribution < 1.29 is 22.7 Å². The van der Waals surface area contributed by atoms with Crippen LogP contribution in [-0.2, 0) is 24.2 Å². The number of nitrogens with two attached hydrogens (primary N) is 1. The van der Waals surface area contributed by atoms with E-state index in [-0.39, 0.29) is 13.0 Å². The zero-order valence-corrected chi connectivity index (χ0v) is 12.5. The number of nitrogen functional groups attached to an aromatic ring is 1. The van der Waals surface area contributed by atoms with Crippen LogP contribution in [0, 0.1) is 0 Å². The van der Waals surface area contributed by atoms with Crippen LogP contribution in [0.25, 0.3) is 0 Å². The Morgan fingerprint density at radius 2 is 1.86 bits per heavy atom. The summed E-state index contributed by atoms with van der Waals surface area (Å²) in [4.78, 5) is 22.7. The predicted octanol–water partition coefficient (Wildman–Crippen LogP) is 0.575. The molecule has 7 nitrogen and oxygen atoms in total. The van der Waals surface area contributed by atoms with E-state index in [9.17, 15) is 18.0 Å². The fraction of sp³-hybridized carbons (Fsp3) is 0.385. The van der Waals surface area contributed by atoms with Gasteiger partial charge in [0.2, 0.25) is 5.91 Å². The summed E-state index contributed by atoms with van der Waals surface area (Å²) in [6.07, 6.45) is -0.230. The predicted molar refractivity (Wildman–Crippen MR) is 79.4 cm³/mol. The first-order chi connectivity index (χ1) is 9.82. The molecule has 3 N–H and O–H groups in total. The first-order valence-electron chi connectivity index (χ1n) is 6.34. The maximum absolute atomic E-state index is 11.6. The summed E-state index contributed by atoms with van der Waals surface area (Å²) < 4.78 is 27.8. The molecule has 1 amide bonds. The number of benzene rings is 1. The number of amides is 1. The Balaban J connectivity index is 2.45. The van der Waals surface area contributed by atoms with Gasteiger partial charge in [-0.05, 0) is 31.2 Å². The summed E-state index contributed by atoms with van der Waals surface area (Å²) in [6, 6.07) is 6.46. The molecule has 0 aromatic heterocycles. The van der Waals surface area contributed by atoms with Crippen LogP contribution in [-0.4, -0.2) is 38.4 Å². The highest BCUT2D eigenvalue weighted by Gasteiger charge is 2.19. The van der Waals surface area contributed by atoms with Gasteiger partial charge in [-0.25, -0.2) is 8.42 Å². The molecule has 0 aliphatic carbocycles. The topological polar surface area (TPSA) is 116 Å². The van der Waals surface area contributed by atoms with Crippen molar-refractivity contribution in [1.29, 1.82) is 0 Å². The second-order valence-electron chi connectivity index (χ2n) is 4.32. The van der Waals surface area contributed by atoms with E-state index in [1.807, 2.05) is 0 Å². The lowest BCUT2D eigenvalue weighted by Gasteiger charge is -2.06. The number of nitrogens with one attached hydrogen (secondary N) is 1. The van der Waals surface area contributed by atoms with Crippen LogP contribution in [0.4, 0.5) is 11.4 Å². The molecule has 0 heterocycles. The highest BCUT2D eigenvalue weighted by molar-refractivity contribution is 7.92. The summed E-state index contributed by atoms with van der Waals surface area (Å²) in [7, 11) is -3.65. The number of ether oxygens (including phenoxy) is 1. The van der Waals surface area contributed by atoms with Gasteiger partial charge in [0.1, 0.15) is 5.75 Å². The highest BCUT2D eigenvalue weighted by atomic mass is 32.2. The minimum absolute atomic E-state index is 0.117. The van der Waals surface area contributed by atoms with Gasteiger partial charge in [-0.2, -0.15) is 0 Å². The standard InChI is InChI=1S/C13H18N2O5S/c1-2-20-13(17)9-21(18,19)8-7-12(16)15-11-5-3-10(14)4-6-11/h3-6H,2,7-9,14H2,1H3,(H,15,16). The Morgan fingerprint density at radius 3 is 2.43 bits per heavy atom. The summed E-state index contributed by atoms with van der Waals surface area (Å²) in [5, 5.41) is 2.55. The third kappa shape index (κ3) is 6.75. The van der Waals surface area contributed by atoms with Gasteiger partial charge >= 0.3 is 5.97 Å². The lowest BCUT2D eigenvalue weighted by molar-refractivity contribution is -0.140. The van der Waals surface area contributed by atoms with Gasteiger partial charge in [-0.3, -0.25) is 9.59 Å². The molecule has 116 valence electrons. The largest absolute Gasteiger partial charge is 0.465 e. The molecule has 0 aliphatic heterocycles. The average molecular weight is 314 g/mol. The van der Waals surface area contributed by atoms with Gasteiger partial charge in [-0.15, -0.1) is 0 Å². The monoisotopic (exact) mass is 314 g/mol. The zero-order chi connectivity index (χ0) is 15.9. The molecule has 0 radical (unpaired) electrons. The molecule has 21 heavy (non-hydrogen) atoms. The zero-order valence-electron chi connectivity index (χ0n) is 11.7. The number of carbonyl (C=O) groups is 2. The average Bonchev–Trinajstić information content (AvgIpc) is 2.39. The van der Waals surface area contributed by atoms with Gasteiger partial charge in [0.05, 0.1) is 12.4 Å². The molecule has 1 rings (SSSR count). The molecular weight excluding hydrogens is 296 g/mol. The molecule has 0 spiro atoms. The molecule has 0 fully saturated rings. The molecule has 0 bridgehead atoms. The van der Waals surface area contributed by atoms with Crippen molar-refractivity contribution in [3.63, 3.8) is 0 Å². The smallest absolute Gasteiger partial charge is 0.321 e. The fourth-order valence-electron chi connectivity index (χ4n) is 1.49. The maximum atomic E-state index is 11.6. The van der Waals surface area contributed by atoms with Crippen molar-refractivity contribution in [2.24, 2.45) is 0 Å². The number of sulfone groups is 1. The molecular formula is C13H18N2O5S. The Bertz CT molecular complexity index is 595. The Kier molecular flexibility index (Phi) is 6.16. The summed E-state index contributed by atoms with van der Waals surface area (Å²) in [5.41, 5.74) is 6.59. The van der Waals surface area contributed by atoms with Crippen molar-refractivity contribution >= 4 is 33.1 Å². The molecule has 0 saturated carbocycles. The van der Waals surface area contributed by atoms with Crippen LogP contribution >= 0.6 is 0 Å². The Morgan fingerprint density at radius 1 is 1.24 bits per heavy atom. The van der Waals surface area contributed by atoms with Gasteiger partial charge in [0, 0.05) is 17.8 Å². The fourth-order valence-corrected chi connectivity index (χ4v) is 2.58. The quantitative estimate of drug-likeness (QED) is 0.561. The molecule has 0 unspecified atom stereocenters. The van der Waals surface area contributed by atoms with Crippen LogP contribution < -0.4 is 11.1 Å². The normalized spacial score (nSPS) is 10.9. The maximum Gasteiger partial charge on any atom is 0.321 e. The molecule has 1 aromatic rings. The number of rotatable bonds is 7. The highest BCUT2D eigenvalue weighted by Crippen LogP contribution is 2.10. The van der Waals surface area contributed by atoms with Crippen molar-refractivity contribution in [3.05, 3.63) is 24.3 Å². The van der Waals surface area contributed by atoms with Gasteiger partial charge in [0.25, 0.3) is 0 Å². The number of hydrogen-bond acceptors (Lipinski definition) is 6. The molecule has 0 saturated heterocycles. The summed E-state index contributed by atoms with van der Waals surface area (Å²) in [6.45, 7) is 1.70. The first kappa shape index (κ1) is 17.0. The van der Waals surface area contributed by atoms with Gasteiger partial charge in [0.15, 0.2) is 9.84 Å². The Hall–Kier alpha value is -2.09. The van der Waals surface area contributed by atoms with Crippen LogP contribution in [0.2, 0.25) is 0 Å². The summed E-state index contributed by atoms with van der Waals surface area (Å²) >= 11 is 0. The number of hydrogen-bond donors (Lipinski definition) is 2. The van der Waals surface area contributed by atoms with Gasteiger partial charge in [-0.1, -0.05) is 0 Å². The molecule has 0 atom stereocenters. The Labute approximate surface area is 123 Å². The molecule has 8 heteroatoms. The first-order valence-corrected chi connectivity index (χ1v) is 8.16. The third-order valence-corrected chi connectivity index (χ3v) is 3.98. The van der Waals surface area contributed by atoms with E-state index >= 15 is 0 Å². The van der Waals surface area contributed by atoms with Crippen molar-refractivity contribution in [2.75, 3.05) is 29.2 Å². The van der Waals surface area contributed by atoms with Crippen molar-refractivity contribution in [2.45, 2.75) is 13.3 Å². The van der Waals surface area contributed by atoms with E-state index in [0.717, 1.165) is 0 Å². The minimum atomic E-state index is -3.65. The minimum Gasteiger partial charge on any atom is -0.465 e. The molecule has 0 aliphatic rings. The van der Waals surface area contributed by atoms with Crippen LogP contribution in [0.5, 0.6) is 0 Å². The van der Waals surface area contributed by atoms with Crippen molar-refractivity contribution in [1.82, 2.24) is 0 Å². The lowest BCUT2D eigenvalue weighted by atomic mass is 10.3. The lowest BCUT2D eigenvalue weighted by Crippen LogP contribution is -2.24. The van der Waals surface area contributed by atoms with E-state index in [4.69, 9.17) is 5.73 Å². The second kappa shape index (κ2) is 7.63. The number of anilines is 2. The number of carbonyl (C=O) groups excluding carboxylic acids is 2. The summed E-state index contributed by atoms with van der Waals surface area (Å²) in [5.74, 6) is -2.38. The van der Waals surface area contributed by atoms with E-state index in [2.05, 4.69) is 10.1 Å². The van der Waals surface area contributed by atoms with Gasteiger partial charge < -0.3 is 15.8 Å². The second-order valence-corrected chi connectivity index (χ2v) is 6.50. The van der Waals surface area contributed by atoms with Crippen LogP contribution in [0.15, 0.2) is 24.3 Å². The van der Waals surface area contributed by atoms with Crippen LogP contribution in [0.3, 0.4) is 0 Å². The van der Waals surface area contributed by atoms with E-state index in [1.165, 1.54) is 0 Å². The SMILES string of the molecule is CCOC(=O)CS(=O)(=O)CCC(=O)Nc1ccc(N)cc1. The number of esters is 1. The van der Waals surface area contributed by atoms with E-state index in [0.29, 0.717) is 11.4 Å².